The van der Waals surface area contributed by atoms with Crippen LogP contribution in [0.2, 0.25) is 5.02 Å². The molecule has 1 fully saturated rings. The molecule has 0 amide bonds. The zero-order valence-electron chi connectivity index (χ0n) is 13.7. The van der Waals surface area contributed by atoms with Crippen molar-refractivity contribution in [3.8, 4) is 17.1 Å². The zero-order valence-corrected chi connectivity index (χ0v) is 14.4. The first kappa shape index (κ1) is 17.9. The molecule has 0 N–H and O–H groups in total. The summed E-state index contributed by atoms with van der Waals surface area (Å²) >= 11 is 6.10. The van der Waals surface area contributed by atoms with E-state index in [0.717, 1.165) is 12.1 Å². The fourth-order valence-corrected chi connectivity index (χ4v) is 2.86. The number of hydrogen-bond acceptors (Lipinski definition) is 4. The Morgan fingerprint density at radius 2 is 1.96 bits per heavy atom. The van der Waals surface area contributed by atoms with Crippen LogP contribution in [-0.2, 0) is 10.9 Å². The van der Waals surface area contributed by atoms with Gasteiger partial charge in [-0.05, 0) is 30.3 Å². The maximum Gasteiger partial charge on any atom is 0.416 e. The topological polar surface area (TPSA) is 52.0 Å². The van der Waals surface area contributed by atoms with Crippen molar-refractivity contribution in [3.63, 3.8) is 0 Å². The van der Waals surface area contributed by atoms with E-state index in [-0.39, 0.29) is 51.2 Å². The number of rotatable bonds is 4. The predicted molar refractivity (Wildman–Crippen MR) is 93.2 cm³/mol. The van der Waals surface area contributed by atoms with Crippen LogP contribution in [0.3, 0.4) is 0 Å². The van der Waals surface area contributed by atoms with Crippen molar-refractivity contribution in [2.75, 3.05) is 13.2 Å². The van der Waals surface area contributed by atoms with E-state index in [1.54, 1.807) is 18.2 Å². The average molecular weight is 397 g/mol. The van der Waals surface area contributed by atoms with E-state index in [0.29, 0.717) is 6.61 Å². The molecule has 0 bridgehead atoms. The molecule has 2 aromatic carbocycles. The number of halogens is 4. The molecule has 1 aliphatic rings. The van der Waals surface area contributed by atoms with Gasteiger partial charge in [-0.3, -0.25) is 4.79 Å². The SMILES string of the molecule is O=c1cc(-c2ccc(C(F)(F)F)cc2OCC2CO2)oc2c(Cl)cccc12. The highest BCUT2D eigenvalue weighted by Gasteiger charge is 2.32. The number of epoxide rings is 1. The molecule has 4 nitrogen and oxygen atoms in total. The summed E-state index contributed by atoms with van der Waals surface area (Å²) in [6.07, 6.45) is -4.68. The van der Waals surface area contributed by atoms with Gasteiger partial charge in [0.25, 0.3) is 0 Å². The molecule has 1 saturated heterocycles. The molecule has 27 heavy (non-hydrogen) atoms. The van der Waals surface area contributed by atoms with Crippen LogP contribution < -0.4 is 10.2 Å². The number of alkyl halides is 3. The minimum atomic E-state index is -4.53. The monoisotopic (exact) mass is 396 g/mol. The molecular formula is C19H12ClF3O4. The Labute approximate surface area is 156 Å². The third-order valence-electron chi connectivity index (χ3n) is 4.11. The highest BCUT2D eigenvalue weighted by molar-refractivity contribution is 6.34. The normalized spacial score (nSPS) is 16.5. The molecule has 0 spiro atoms. The van der Waals surface area contributed by atoms with Crippen LogP contribution in [0.4, 0.5) is 13.2 Å². The van der Waals surface area contributed by atoms with Gasteiger partial charge >= 0.3 is 6.18 Å². The Morgan fingerprint density at radius 1 is 1.19 bits per heavy atom. The molecule has 3 aromatic rings. The molecular weight excluding hydrogens is 385 g/mol. The summed E-state index contributed by atoms with van der Waals surface area (Å²) in [5, 5.41) is 0.513. The van der Waals surface area contributed by atoms with E-state index in [9.17, 15) is 18.0 Å². The summed E-state index contributed by atoms with van der Waals surface area (Å²) < 4.78 is 55.5. The molecule has 1 aromatic heterocycles. The Balaban J connectivity index is 1.85. The van der Waals surface area contributed by atoms with E-state index >= 15 is 0 Å². The lowest BCUT2D eigenvalue weighted by Gasteiger charge is -2.14. The molecule has 0 aliphatic carbocycles. The van der Waals surface area contributed by atoms with Crippen molar-refractivity contribution < 1.29 is 27.1 Å². The quantitative estimate of drug-likeness (QED) is 0.588. The third-order valence-corrected chi connectivity index (χ3v) is 4.41. The number of hydrogen-bond donors (Lipinski definition) is 0. The molecule has 2 heterocycles. The van der Waals surface area contributed by atoms with Crippen molar-refractivity contribution in [3.05, 3.63) is 63.3 Å². The molecule has 4 rings (SSSR count). The Morgan fingerprint density at radius 3 is 2.67 bits per heavy atom. The van der Waals surface area contributed by atoms with Gasteiger partial charge in [-0.15, -0.1) is 0 Å². The van der Waals surface area contributed by atoms with Crippen LogP contribution in [0.15, 0.2) is 51.7 Å². The minimum absolute atomic E-state index is 0.0464. The number of fused-ring (bicyclic) bond motifs is 1. The third kappa shape index (κ3) is 3.65. The lowest BCUT2D eigenvalue weighted by Crippen LogP contribution is -2.09. The Bertz CT molecular complexity index is 1070. The number of ether oxygens (including phenoxy) is 2. The van der Waals surface area contributed by atoms with E-state index in [2.05, 4.69) is 0 Å². The Hall–Kier alpha value is -2.51. The first-order valence-electron chi connectivity index (χ1n) is 8.01. The molecule has 0 saturated carbocycles. The van der Waals surface area contributed by atoms with Crippen LogP contribution in [-0.4, -0.2) is 19.3 Å². The van der Waals surface area contributed by atoms with Crippen molar-refractivity contribution in [1.82, 2.24) is 0 Å². The van der Waals surface area contributed by atoms with E-state index < -0.39 is 11.7 Å². The van der Waals surface area contributed by atoms with E-state index in [1.165, 1.54) is 12.1 Å². The maximum atomic E-state index is 13.1. The fourth-order valence-electron chi connectivity index (χ4n) is 2.64. The van der Waals surface area contributed by atoms with Crippen molar-refractivity contribution in [1.29, 1.82) is 0 Å². The number of para-hydroxylation sites is 1. The largest absolute Gasteiger partial charge is 0.490 e. The van der Waals surface area contributed by atoms with Crippen LogP contribution in [0, 0.1) is 0 Å². The van der Waals surface area contributed by atoms with Gasteiger partial charge in [0.2, 0.25) is 0 Å². The van der Waals surface area contributed by atoms with E-state index in [1.807, 2.05) is 0 Å². The van der Waals surface area contributed by atoms with Crippen molar-refractivity contribution in [2.24, 2.45) is 0 Å². The van der Waals surface area contributed by atoms with Gasteiger partial charge in [0.05, 0.1) is 28.1 Å². The second-order valence-corrected chi connectivity index (χ2v) is 6.47. The number of benzene rings is 2. The summed E-state index contributed by atoms with van der Waals surface area (Å²) in [7, 11) is 0. The van der Waals surface area contributed by atoms with Crippen LogP contribution in [0.25, 0.3) is 22.3 Å². The summed E-state index contributed by atoms with van der Waals surface area (Å²) in [6.45, 7) is 0.599. The summed E-state index contributed by atoms with van der Waals surface area (Å²) in [5.41, 5.74) is -0.829. The standard InChI is InChI=1S/C19H12ClF3O4/c20-14-3-1-2-12-15(24)7-17(27-18(12)14)13-5-4-10(19(21,22)23)6-16(13)26-9-11-8-25-11/h1-7,11H,8-9H2. The maximum absolute atomic E-state index is 13.1. The zero-order chi connectivity index (χ0) is 19.2. The van der Waals surface area contributed by atoms with Crippen molar-refractivity contribution >= 4 is 22.6 Å². The van der Waals surface area contributed by atoms with Gasteiger partial charge in [-0.2, -0.15) is 13.2 Å². The second-order valence-electron chi connectivity index (χ2n) is 6.07. The predicted octanol–water partition coefficient (Wildman–Crippen LogP) is 4.91. The Kier molecular flexibility index (Phi) is 4.36. The highest BCUT2D eigenvalue weighted by atomic mass is 35.5. The lowest BCUT2D eigenvalue weighted by atomic mass is 10.1. The molecule has 0 radical (unpaired) electrons. The lowest BCUT2D eigenvalue weighted by molar-refractivity contribution is -0.137. The highest BCUT2D eigenvalue weighted by Crippen LogP contribution is 2.38. The van der Waals surface area contributed by atoms with Gasteiger partial charge in [0.1, 0.15) is 24.2 Å². The molecule has 1 unspecified atom stereocenters. The summed E-state index contributed by atoms with van der Waals surface area (Å²) in [5.74, 6) is 0.0240. The van der Waals surface area contributed by atoms with E-state index in [4.69, 9.17) is 25.5 Å². The molecule has 8 heteroatoms. The fraction of sp³-hybridized carbons (Fsp3) is 0.211. The average Bonchev–Trinajstić information content (AvgIpc) is 3.44. The first-order chi connectivity index (χ1) is 12.8. The van der Waals surface area contributed by atoms with Crippen LogP contribution >= 0.6 is 11.6 Å². The summed E-state index contributed by atoms with van der Waals surface area (Å²) in [6, 6.07) is 8.95. The molecule has 140 valence electrons. The minimum Gasteiger partial charge on any atom is -0.490 e. The molecule has 1 atom stereocenters. The van der Waals surface area contributed by atoms with Gasteiger partial charge in [-0.25, -0.2) is 0 Å². The smallest absolute Gasteiger partial charge is 0.416 e. The van der Waals surface area contributed by atoms with Gasteiger partial charge in [0, 0.05) is 6.07 Å². The van der Waals surface area contributed by atoms with Gasteiger partial charge < -0.3 is 13.9 Å². The molecule has 1 aliphatic heterocycles. The second kappa shape index (κ2) is 6.58. The van der Waals surface area contributed by atoms with Gasteiger partial charge in [0.15, 0.2) is 11.0 Å². The van der Waals surface area contributed by atoms with Crippen molar-refractivity contribution in [2.45, 2.75) is 12.3 Å². The van der Waals surface area contributed by atoms with Crippen LogP contribution in [0.1, 0.15) is 5.56 Å². The van der Waals surface area contributed by atoms with Gasteiger partial charge in [-0.1, -0.05) is 17.7 Å². The summed E-state index contributed by atoms with van der Waals surface area (Å²) in [4.78, 5) is 12.4. The first-order valence-corrected chi connectivity index (χ1v) is 8.39. The van der Waals surface area contributed by atoms with Crippen LogP contribution in [0.5, 0.6) is 5.75 Å².